The molecule has 2 nitrogen and oxygen atoms in total. The van der Waals surface area contributed by atoms with Gasteiger partial charge in [-0.1, -0.05) is 35.1 Å². The van der Waals surface area contributed by atoms with Crippen LogP contribution in [-0.2, 0) is 6.42 Å². The van der Waals surface area contributed by atoms with Gasteiger partial charge in [0.2, 0.25) is 0 Å². The average Bonchev–Trinajstić information content (AvgIpc) is 2.56. The maximum absolute atomic E-state index is 5.78. The highest BCUT2D eigenvalue weighted by Crippen LogP contribution is 2.14. The van der Waals surface area contributed by atoms with E-state index in [9.17, 15) is 0 Å². The van der Waals surface area contributed by atoms with E-state index in [1.54, 1.807) is 0 Å². The number of rotatable bonds is 2. The van der Waals surface area contributed by atoms with Gasteiger partial charge in [-0.15, -0.1) is 0 Å². The fraction of sp³-hybridized carbons (Fsp3) is 0.111. The van der Waals surface area contributed by atoms with Crippen molar-refractivity contribution in [3.63, 3.8) is 0 Å². The molecule has 1 N–H and O–H groups in total. The molecule has 14 heavy (non-hydrogen) atoms. The summed E-state index contributed by atoms with van der Waals surface area (Å²) >= 11 is 12.2. The van der Waals surface area contributed by atoms with E-state index >= 15 is 0 Å². The summed E-state index contributed by atoms with van der Waals surface area (Å²) in [5, 5.41) is 8.60. The number of nitrogens with zero attached hydrogens (tertiary/aromatic N) is 1. The van der Waals surface area contributed by atoms with Crippen LogP contribution in [0, 0.1) is 3.95 Å². The van der Waals surface area contributed by atoms with Gasteiger partial charge in [-0.3, -0.25) is 5.10 Å². The highest BCUT2D eigenvalue weighted by atomic mass is 35.5. The Kier molecular flexibility index (Phi) is 2.96. The topological polar surface area (TPSA) is 28.7 Å². The smallest absolute Gasteiger partial charge is 0.176 e. The van der Waals surface area contributed by atoms with Crippen molar-refractivity contribution in [3.05, 3.63) is 43.8 Å². The van der Waals surface area contributed by atoms with Crippen LogP contribution in [-0.4, -0.2) is 10.2 Å². The summed E-state index contributed by atoms with van der Waals surface area (Å²) in [4.78, 5) is 0. The Morgan fingerprint density at radius 3 is 2.64 bits per heavy atom. The lowest BCUT2D eigenvalue weighted by atomic mass is 10.2. The molecule has 0 aliphatic carbocycles. The summed E-state index contributed by atoms with van der Waals surface area (Å²) in [6.07, 6.45) is 0.801. The molecule has 1 heterocycles. The third-order valence-electron chi connectivity index (χ3n) is 1.75. The van der Waals surface area contributed by atoms with Gasteiger partial charge in [-0.2, -0.15) is 5.10 Å². The molecule has 0 saturated heterocycles. The first kappa shape index (κ1) is 9.83. The van der Waals surface area contributed by atoms with Crippen molar-refractivity contribution in [1.82, 2.24) is 10.2 Å². The van der Waals surface area contributed by atoms with E-state index in [0.717, 1.165) is 16.5 Å². The average molecular weight is 243 g/mol. The molecule has 0 spiro atoms. The van der Waals surface area contributed by atoms with Crippen molar-refractivity contribution in [2.75, 3.05) is 0 Å². The lowest BCUT2D eigenvalue weighted by molar-refractivity contribution is 0.997. The fourth-order valence-electron chi connectivity index (χ4n) is 1.11. The quantitative estimate of drug-likeness (QED) is 0.818. The lowest BCUT2D eigenvalue weighted by Crippen LogP contribution is -1.86. The van der Waals surface area contributed by atoms with E-state index in [2.05, 4.69) is 10.2 Å². The van der Waals surface area contributed by atoms with Crippen molar-refractivity contribution in [2.45, 2.75) is 6.42 Å². The molecule has 2 aromatic rings. The molecule has 0 bridgehead atoms. The number of H-pyrrole nitrogens is 1. The van der Waals surface area contributed by atoms with Gasteiger partial charge in [-0.25, -0.2) is 0 Å². The minimum atomic E-state index is 0.717. The van der Waals surface area contributed by atoms with Crippen LogP contribution < -0.4 is 0 Å². The second-order valence-electron chi connectivity index (χ2n) is 2.81. The van der Waals surface area contributed by atoms with Gasteiger partial charge in [0.25, 0.3) is 0 Å². The standard InChI is InChI=1S/C9H7ClN2S2/c10-7-3-1-6(2-4-7)5-8-11-12-9(13)14-8/h1-4H,5H2,(H,12,13). The SMILES string of the molecule is S=c1[nH]nc(Cc2ccc(Cl)cc2)s1. The Balaban J connectivity index is 2.19. The highest BCUT2D eigenvalue weighted by Gasteiger charge is 1.99. The number of benzene rings is 1. The molecule has 1 aromatic heterocycles. The monoisotopic (exact) mass is 242 g/mol. The van der Waals surface area contributed by atoms with Gasteiger partial charge in [0.15, 0.2) is 3.95 Å². The first-order valence-corrected chi connectivity index (χ1v) is 5.63. The van der Waals surface area contributed by atoms with Gasteiger partial charge < -0.3 is 0 Å². The number of hydrogen-bond donors (Lipinski definition) is 1. The maximum Gasteiger partial charge on any atom is 0.176 e. The minimum Gasteiger partial charge on any atom is -0.258 e. The summed E-state index contributed by atoms with van der Waals surface area (Å²) in [6.45, 7) is 0. The Morgan fingerprint density at radius 1 is 1.36 bits per heavy atom. The molecule has 0 radical (unpaired) electrons. The van der Waals surface area contributed by atoms with Crippen LogP contribution in [0.15, 0.2) is 24.3 Å². The molecule has 0 aliphatic heterocycles. The number of hydrogen-bond acceptors (Lipinski definition) is 3. The summed E-state index contributed by atoms with van der Waals surface area (Å²) in [5.74, 6) is 0. The Bertz CT molecular complexity index is 472. The number of aromatic amines is 1. The molecule has 1 aromatic carbocycles. The van der Waals surface area contributed by atoms with E-state index in [4.69, 9.17) is 23.8 Å². The summed E-state index contributed by atoms with van der Waals surface area (Å²) in [5.41, 5.74) is 1.19. The summed E-state index contributed by atoms with van der Waals surface area (Å²) < 4.78 is 0.717. The molecule has 0 unspecified atom stereocenters. The van der Waals surface area contributed by atoms with Crippen LogP contribution >= 0.6 is 35.2 Å². The van der Waals surface area contributed by atoms with Gasteiger partial charge in [0, 0.05) is 11.4 Å². The van der Waals surface area contributed by atoms with Crippen molar-refractivity contribution in [1.29, 1.82) is 0 Å². The first-order valence-electron chi connectivity index (χ1n) is 4.03. The molecule has 0 aliphatic rings. The fourth-order valence-corrected chi connectivity index (χ4v) is 2.21. The lowest BCUT2D eigenvalue weighted by Gasteiger charge is -1.96. The molecular weight excluding hydrogens is 236 g/mol. The first-order chi connectivity index (χ1) is 6.74. The summed E-state index contributed by atoms with van der Waals surface area (Å²) in [6, 6.07) is 7.74. The molecule has 0 amide bonds. The van der Waals surface area contributed by atoms with Crippen LogP contribution in [0.2, 0.25) is 5.02 Å². The highest BCUT2D eigenvalue weighted by molar-refractivity contribution is 7.73. The van der Waals surface area contributed by atoms with Crippen LogP contribution in [0.3, 0.4) is 0 Å². The van der Waals surface area contributed by atoms with Crippen LogP contribution in [0.25, 0.3) is 0 Å². The van der Waals surface area contributed by atoms with E-state index in [1.165, 1.54) is 16.9 Å². The van der Waals surface area contributed by atoms with E-state index in [0.29, 0.717) is 3.95 Å². The normalized spacial score (nSPS) is 10.4. The largest absolute Gasteiger partial charge is 0.258 e. The second-order valence-corrected chi connectivity index (χ2v) is 5.00. The van der Waals surface area contributed by atoms with Gasteiger partial charge >= 0.3 is 0 Å². The Labute approximate surface area is 95.6 Å². The van der Waals surface area contributed by atoms with Crippen molar-refractivity contribution < 1.29 is 0 Å². The van der Waals surface area contributed by atoms with Crippen LogP contribution in [0.4, 0.5) is 0 Å². The Hall–Kier alpha value is -0.710. The zero-order valence-electron chi connectivity index (χ0n) is 7.16. The third kappa shape index (κ3) is 2.41. The minimum absolute atomic E-state index is 0.717. The number of halogens is 1. The van der Waals surface area contributed by atoms with Crippen LogP contribution in [0.1, 0.15) is 10.6 Å². The van der Waals surface area contributed by atoms with Gasteiger partial charge in [0.1, 0.15) is 5.01 Å². The van der Waals surface area contributed by atoms with E-state index in [-0.39, 0.29) is 0 Å². The molecule has 72 valence electrons. The van der Waals surface area contributed by atoms with Crippen LogP contribution in [0.5, 0.6) is 0 Å². The maximum atomic E-state index is 5.78. The zero-order chi connectivity index (χ0) is 9.97. The predicted octanol–water partition coefficient (Wildman–Crippen LogP) is 3.44. The van der Waals surface area contributed by atoms with E-state index < -0.39 is 0 Å². The predicted molar refractivity (Wildman–Crippen MR) is 61.6 cm³/mol. The molecule has 0 fully saturated rings. The van der Waals surface area contributed by atoms with E-state index in [1.807, 2.05) is 24.3 Å². The van der Waals surface area contributed by atoms with Crippen molar-refractivity contribution in [2.24, 2.45) is 0 Å². The summed E-state index contributed by atoms with van der Waals surface area (Å²) in [7, 11) is 0. The molecule has 5 heteroatoms. The number of aromatic nitrogens is 2. The molecular formula is C9H7ClN2S2. The molecule has 0 atom stereocenters. The third-order valence-corrected chi connectivity index (χ3v) is 3.09. The van der Waals surface area contributed by atoms with Gasteiger partial charge in [0.05, 0.1) is 0 Å². The molecule has 2 rings (SSSR count). The zero-order valence-corrected chi connectivity index (χ0v) is 9.55. The second kappa shape index (κ2) is 4.21. The number of nitrogens with one attached hydrogen (secondary N) is 1. The molecule has 0 saturated carbocycles. The van der Waals surface area contributed by atoms with Crippen molar-refractivity contribution in [3.8, 4) is 0 Å². The Morgan fingerprint density at radius 2 is 2.07 bits per heavy atom. The van der Waals surface area contributed by atoms with Gasteiger partial charge in [-0.05, 0) is 29.9 Å². The van der Waals surface area contributed by atoms with Crippen molar-refractivity contribution >= 4 is 35.2 Å².